The summed E-state index contributed by atoms with van der Waals surface area (Å²) in [5, 5.41) is 21.5. The SMILES string of the molecule is Cn1ncc2c(=O)n(Cc3ccc(C#N)cc3Cl)nnc21. The molecule has 1 aromatic carbocycles. The molecule has 0 atom stereocenters. The fourth-order valence-electron chi connectivity index (χ4n) is 1.99. The van der Waals surface area contributed by atoms with E-state index in [1.54, 1.807) is 25.2 Å². The highest BCUT2D eigenvalue weighted by Gasteiger charge is 2.11. The van der Waals surface area contributed by atoms with Crippen molar-refractivity contribution in [2.24, 2.45) is 7.05 Å². The molecule has 3 rings (SSSR count). The molecule has 8 heteroatoms. The highest BCUT2D eigenvalue weighted by molar-refractivity contribution is 6.31. The maximum Gasteiger partial charge on any atom is 0.281 e. The summed E-state index contributed by atoms with van der Waals surface area (Å²) >= 11 is 6.10. The number of nitrogens with zero attached hydrogens (tertiary/aromatic N) is 6. The summed E-state index contributed by atoms with van der Waals surface area (Å²) in [5.41, 5.74) is 1.30. The number of benzene rings is 1. The molecule has 0 unspecified atom stereocenters. The van der Waals surface area contributed by atoms with Crippen LogP contribution in [0.1, 0.15) is 11.1 Å². The second-order valence-corrected chi connectivity index (χ2v) is 4.88. The summed E-state index contributed by atoms with van der Waals surface area (Å²) in [4.78, 5) is 12.3. The average molecular weight is 301 g/mol. The lowest BCUT2D eigenvalue weighted by molar-refractivity contribution is 0.595. The van der Waals surface area contributed by atoms with Gasteiger partial charge in [-0.05, 0) is 17.7 Å². The van der Waals surface area contributed by atoms with Crippen molar-refractivity contribution in [2.45, 2.75) is 6.54 Å². The first-order chi connectivity index (χ1) is 10.1. The largest absolute Gasteiger partial charge is 0.281 e. The summed E-state index contributed by atoms with van der Waals surface area (Å²) in [6, 6.07) is 6.90. The lowest BCUT2D eigenvalue weighted by Gasteiger charge is -2.06. The monoisotopic (exact) mass is 300 g/mol. The van der Waals surface area contributed by atoms with E-state index < -0.39 is 0 Å². The molecule has 3 aromatic rings. The number of aryl methyl sites for hydroxylation is 1. The third-order valence-corrected chi connectivity index (χ3v) is 3.47. The summed E-state index contributed by atoms with van der Waals surface area (Å²) in [7, 11) is 1.69. The first-order valence-electron chi connectivity index (χ1n) is 6.04. The molecule has 2 aromatic heterocycles. The molecule has 0 bridgehead atoms. The van der Waals surface area contributed by atoms with Crippen LogP contribution in [0.3, 0.4) is 0 Å². The molecule has 2 heterocycles. The van der Waals surface area contributed by atoms with Crippen LogP contribution in [0.5, 0.6) is 0 Å². The highest BCUT2D eigenvalue weighted by Crippen LogP contribution is 2.18. The predicted octanol–water partition coefficient (Wildman–Crippen LogP) is 1.10. The Bertz CT molecular complexity index is 936. The van der Waals surface area contributed by atoms with Gasteiger partial charge in [0.25, 0.3) is 5.56 Å². The van der Waals surface area contributed by atoms with Crippen LogP contribution < -0.4 is 5.56 Å². The van der Waals surface area contributed by atoms with Gasteiger partial charge in [-0.1, -0.05) is 22.9 Å². The molecule has 0 fully saturated rings. The van der Waals surface area contributed by atoms with E-state index >= 15 is 0 Å². The molecule has 0 N–H and O–H groups in total. The smallest absolute Gasteiger partial charge is 0.267 e. The quantitative estimate of drug-likeness (QED) is 0.707. The Morgan fingerprint density at radius 3 is 2.95 bits per heavy atom. The molecule has 0 amide bonds. The molecule has 0 saturated carbocycles. The normalized spacial score (nSPS) is 10.7. The van der Waals surface area contributed by atoms with E-state index in [2.05, 4.69) is 15.4 Å². The van der Waals surface area contributed by atoms with E-state index in [-0.39, 0.29) is 12.1 Å². The fourth-order valence-corrected chi connectivity index (χ4v) is 2.23. The average Bonchev–Trinajstić information content (AvgIpc) is 2.86. The van der Waals surface area contributed by atoms with Crippen molar-refractivity contribution in [3.8, 4) is 6.07 Å². The summed E-state index contributed by atoms with van der Waals surface area (Å²) in [6.45, 7) is 0.182. The predicted molar refractivity (Wildman–Crippen MR) is 75.8 cm³/mol. The molecule has 0 aliphatic rings. The van der Waals surface area contributed by atoms with Gasteiger partial charge in [-0.3, -0.25) is 4.79 Å². The van der Waals surface area contributed by atoms with Crippen LogP contribution in [0.2, 0.25) is 5.02 Å². The zero-order valence-corrected chi connectivity index (χ0v) is 11.7. The minimum atomic E-state index is -0.284. The van der Waals surface area contributed by atoms with Crippen LogP contribution in [0, 0.1) is 11.3 Å². The minimum Gasteiger partial charge on any atom is -0.267 e. The second kappa shape index (κ2) is 5.00. The van der Waals surface area contributed by atoms with E-state index in [0.29, 0.717) is 27.2 Å². The molecule has 0 radical (unpaired) electrons. The molecular weight excluding hydrogens is 292 g/mol. The van der Waals surface area contributed by atoms with Gasteiger partial charge >= 0.3 is 0 Å². The Morgan fingerprint density at radius 2 is 2.24 bits per heavy atom. The van der Waals surface area contributed by atoms with Crippen molar-refractivity contribution in [3.05, 3.63) is 50.9 Å². The van der Waals surface area contributed by atoms with Gasteiger partial charge in [0.1, 0.15) is 5.39 Å². The molecule has 21 heavy (non-hydrogen) atoms. The van der Waals surface area contributed by atoms with Crippen molar-refractivity contribution >= 4 is 22.6 Å². The molecule has 104 valence electrons. The molecule has 0 aliphatic heterocycles. The second-order valence-electron chi connectivity index (χ2n) is 4.48. The maximum atomic E-state index is 12.3. The maximum absolute atomic E-state index is 12.3. The molecule has 0 spiro atoms. The molecule has 7 nitrogen and oxygen atoms in total. The summed E-state index contributed by atoms with van der Waals surface area (Å²) in [5.74, 6) is 0. The number of fused-ring (bicyclic) bond motifs is 1. The molecular formula is C13H9ClN6O. The van der Waals surface area contributed by atoms with E-state index in [9.17, 15) is 4.79 Å². The number of rotatable bonds is 2. The van der Waals surface area contributed by atoms with Gasteiger partial charge in [0.05, 0.1) is 24.4 Å². The van der Waals surface area contributed by atoms with Crippen LogP contribution in [0.4, 0.5) is 0 Å². The van der Waals surface area contributed by atoms with Gasteiger partial charge in [0.15, 0.2) is 5.65 Å². The summed E-state index contributed by atoms with van der Waals surface area (Å²) < 4.78 is 2.71. The van der Waals surface area contributed by atoms with Crippen LogP contribution >= 0.6 is 11.6 Å². The van der Waals surface area contributed by atoms with Crippen LogP contribution in [-0.2, 0) is 13.6 Å². The summed E-state index contributed by atoms with van der Waals surface area (Å²) in [6.07, 6.45) is 1.46. The van der Waals surface area contributed by atoms with Gasteiger partial charge in [0.2, 0.25) is 0 Å². The van der Waals surface area contributed by atoms with E-state index in [1.165, 1.54) is 15.6 Å². The van der Waals surface area contributed by atoms with E-state index in [1.807, 2.05) is 6.07 Å². The van der Waals surface area contributed by atoms with Gasteiger partial charge in [-0.15, -0.1) is 5.10 Å². The number of hydrogen-bond acceptors (Lipinski definition) is 5. The lowest BCUT2D eigenvalue weighted by atomic mass is 10.1. The molecule has 0 aliphatic carbocycles. The van der Waals surface area contributed by atoms with Gasteiger partial charge in [-0.25, -0.2) is 9.36 Å². The Morgan fingerprint density at radius 1 is 1.43 bits per heavy atom. The first kappa shape index (κ1) is 13.3. The van der Waals surface area contributed by atoms with Crippen molar-refractivity contribution in [1.82, 2.24) is 24.8 Å². The zero-order chi connectivity index (χ0) is 15.0. The first-order valence-corrected chi connectivity index (χ1v) is 6.42. The Labute approximate surface area is 124 Å². The van der Waals surface area contributed by atoms with Crippen molar-refractivity contribution < 1.29 is 0 Å². The van der Waals surface area contributed by atoms with Crippen molar-refractivity contribution in [2.75, 3.05) is 0 Å². The van der Waals surface area contributed by atoms with Crippen molar-refractivity contribution in [3.63, 3.8) is 0 Å². The number of hydrogen-bond donors (Lipinski definition) is 0. The van der Waals surface area contributed by atoms with Gasteiger partial charge in [0, 0.05) is 12.1 Å². The Balaban J connectivity index is 2.05. The third kappa shape index (κ3) is 2.26. The number of halogens is 1. The Kier molecular flexibility index (Phi) is 3.16. The Hall–Kier alpha value is -2.72. The van der Waals surface area contributed by atoms with E-state index in [0.717, 1.165) is 0 Å². The highest BCUT2D eigenvalue weighted by atomic mass is 35.5. The van der Waals surface area contributed by atoms with Gasteiger partial charge < -0.3 is 0 Å². The zero-order valence-electron chi connectivity index (χ0n) is 11.0. The lowest BCUT2D eigenvalue weighted by Crippen LogP contribution is -2.24. The van der Waals surface area contributed by atoms with Crippen LogP contribution in [-0.4, -0.2) is 24.8 Å². The molecule has 0 saturated heterocycles. The number of nitriles is 1. The van der Waals surface area contributed by atoms with Crippen LogP contribution in [0.25, 0.3) is 11.0 Å². The van der Waals surface area contributed by atoms with Gasteiger partial charge in [-0.2, -0.15) is 10.4 Å². The standard InChI is InChI=1S/C13H9ClN6O/c1-19-12-10(6-16-19)13(21)20(18-17-12)7-9-3-2-8(5-15)4-11(9)14/h2-4,6H,7H2,1H3. The van der Waals surface area contributed by atoms with Crippen molar-refractivity contribution in [1.29, 1.82) is 5.26 Å². The third-order valence-electron chi connectivity index (χ3n) is 3.12. The van der Waals surface area contributed by atoms with E-state index in [4.69, 9.17) is 16.9 Å². The van der Waals surface area contributed by atoms with Crippen LogP contribution in [0.15, 0.2) is 29.2 Å². The number of aromatic nitrogens is 5. The fraction of sp³-hybridized carbons (Fsp3) is 0.154. The topological polar surface area (TPSA) is 89.4 Å². The minimum absolute atomic E-state index is 0.182.